The maximum absolute atomic E-state index is 12.0. The molecule has 1 saturated carbocycles. The molecule has 2 fully saturated rings. The number of benzene rings is 1. The minimum atomic E-state index is -0.334. The molecule has 158 valence electrons. The Morgan fingerprint density at radius 2 is 2.10 bits per heavy atom. The fourth-order valence-electron chi connectivity index (χ4n) is 6.49. The highest BCUT2D eigenvalue weighted by atomic mass is 32.2. The second kappa shape index (κ2) is 6.60. The molecule has 5 nitrogen and oxygen atoms in total. The molecule has 2 heterocycles. The summed E-state index contributed by atoms with van der Waals surface area (Å²) in [4.78, 5) is 26.4. The number of hydrogen-bond acceptors (Lipinski definition) is 6. The predicted molar refractivity (Wildman–Crippen MR) is 115 cm³/mol. The van der Waals surface area contributed by atoms with Crippen LogP contribution in [0.5, 0.6) is 11.5 Å². The number of thioether (sulfide) groups is 1. The zero-order valence-electron chi connectivity index (χ0n) is 17.4. The lowest BCUT2D eigenvalue weighted by atomic mass is 9.53. The maximum atomic E-state index is 12.0. The normalized spacial score (nSPS) is 35.5. The summed E-state index contributed by atoms with van der Waals surface area (Å²) >= 11 is 1.36. The molecule has 0 amide bonds. The van der Waals surface area contributed by atoms with Crippen molar-refractivity contribution in [1.82, 2.24) is 4.90 Å². The standard InChI is InChI=1S/C24H27NO4S/c1-13(26)28-19-7-5-16-11-18-17-6-8-20(30-14(2)27)23-24(17,21(16)22(19)29-23)9-10-25(18)12-15-3-4-15/h5-8,15,17-18,20,23H,3-4,9-12H2,1-2H3/t17?,18?,20?,23-,24?/m0/s1. The highest BCUT2D eigenvalue weighted by molar-refractivity contribution is 8.14. The molecule has 1 spiro atoms. The first kappa shape index (κ1) is 18.9. The summed E-state index contributed by atoms with van der Waals surface area (Å²) in [6.07, 6.45) is 9.24. The van der Waals surface area contributed by atoms with Crippen LogP contribution in [-0.2, 0) is 21.4 Å². The van der Waals surface area contributed by atoms with Gasteiger partial charge in [-0.1, -0.05) is 30.0 Å². The third-order valence-electron chi connectivity index (χ3n) is 7.70. The van der Waals surface area contributed by atoms with Gasteiger partial charge in [0.05, 0.1) is 5.25 Å². The Hall–Kier alpha value is -1.79. The van der Waals surface area contributed by atoms with Crippen molar-refractivity contribution in [1.29, 1.82) is 0 Å². The first-order chi connectivity index (χ1) is 14.5. The molecule has 0 N–H and O–H groups in total. The van der Waals surface area contributed by atoms with Gasteiger partial charge in [-0.05, 0) is 49.8 Å². The Bertz CT molecular complexity index is 970. The van der Waals surface area contributed by atoms with Gasteiger partial charge in [0.15, 0.2) is 16.6 Å². The van der Waals surface area contributed by atoms with Crippen LogP contribution < -0.4 is 9.47 Å². The van der Waals surface area contributed by atoms with E-state index in [0.717, 1.165) is 31.1 Å². The number of carbonyl (C=O) groups excluding carboxylic acids is 2. The Morgan fingerprint density at radius 3 is 2.83 bits per heavy atom. The molecule has 30 heavy (non-hydrogen) atoms. The van der Waals surface area contributed by atoms with Gasteiger partial charge in [0.25, 0.3) is 0 Å². The molecule has 6 rings (SSSR count). The molecule has 5 aliphatic rings. The molecule has 2 aliphatic heterocycles. The molecule has 6 heteroatoms. The lowest BCUT2D eigenvalue weighted by Gasteiger charge is -2.57. The molecular formula is C24H27NO4S. The zero-order valence-corrected chi connectivity index (χ0v) is 18.2. The van der Waals surface area contributed by atoms with E-state index in [0.29, 0.717) is 17.7 Å². The van der Waals surface area contributed by atoms with E-state index in [1.807, 2.05) is 6.07 Å². The van der Waals surface area contributed by atoms with E-state index in [-0.39, 0.29) is 27.9 Å². The van der Waals surface area contributed by atoms with Gasteiger partial charge < -0.3 is 9.47 Å². The van der Waals surface area contributed by atoms with Gasteiger partial charge in [0.1, 0.15) is 6.10 Å². The number of rotatable bonds is 4. The van der Waals surface area contributed by atoms with Crippen LogP contribution in [0, 0.1) is 11.8 Å². The first-order valence-corrected chi connectivity index (χ1v) is 12.0. The van der Waals surface area contributed by atoms with Crippen molar-refractivity contribution in [3.8, 4) is 11.5 Å². The predicted octanol–water partition coefficient (Wildman–Crippen LogP) is 3.49. The highest BCUT2D eigenvalue weighted by Gasteiger charge is 2.65. The number of ether oxygens (including phenoxy) is 2. The van der Waals surface area contributed by atoms with Gasteiger partial charge in [-0.15, -0.1) is 0 Å². The van der Waals surface area contributed by atoms with Crippen LogP contribution in [0.25, 0.3) is 0 Å². The van der Waals surface area contributed by atoms with Gasteiger partial charge >= 0.3 is 5.97 Å². The van der Waals surface area contributed by atoms with Crippen LogP contribution in [0.1, 0.15) is 44.2 Å². The van der Waals surface area contributed by atoms with E-state index < -0.39 is 0 Å². The van der Waals surface area contributed by atoms with Gasteiger partial charge in [0.2, 0.25) is 0 Å². The van der Waals surface area contributed by atoms with Crippen LogP contribution in [0.4, 0.5) is 0 Å². The molecule has 0 aromatic heterocycles. The van der Waals surface area contributed by atoms with Crippen LogP contribution in [0.3, 0.4) is 0 Å². The zero-order chi connectivity index (χ0) is 20.6. The van der Waals surface area contributed by atoms with Crippen LogP contribution in [0.15, 0.2) is 24.3 Å². The monoisotopic (exact) mass is 425 g/mol. The van der Waals surface area contributed by atoms with Gasteiger partial charge in [0, 0.05) is 43.3 Å². The summed E-state index contributed by atoms with van der Waals surface area (Å²) in [7, 11) is 0. The van der Waals surface area contributed by atoms with Crippen molar-refractivity contribution in [3.05, 3.63) is 35.4 Å². The largest absolute Gasteiger partial charge is 0.484 e. The summed E-state index contributed by atoms with van der Waals surface area (Å²) in [6.45, 7) is 5.33. The Balaban J connectivity index is 1.49. The van der Waals surface area contributed by atoms with Crippen molar-refractivity contribution < 1.29 is 19.1 Å². The number of nitrogens with zero attached hydrogens (tertiary/aromatic N) is 1. The Labute approximate surface area is 181 Å². The lowest BCUT2D eigenvalue weighted by Crippen LogP contribution is -2.65. The second-order valence-electron chi connectivity index (χ2n) is 9.54. The van der Waals surface area contributed by atoms with Gasteiger partial charge in [-0.25, -0.2) is 0 Å². The topological polar surface area (TPSA) is 55.8 Å². The summed E-state index contributed by atoms with van der Waals surface area (Å²) in [5.41, 5.74) is 2.44. The number of hydrogen-bond donors (Lipinski definition) is 0. The van der Waals surface area contributed by atoms with E-state index in [9.17, 15) is 9.59 Å². The Kier molecular flexibility index (Phi) is 4.17. The van der Waals surface area contributed by atoms with Crippen molar-refractivity contribution >= 4 is 22.8 Å². The number of carbonyl (C=O) groups is 2. The molecule has 1 saturated heterocycles. The molecule has 1 aromatic rings. The molecule has 3 aliphatic carbocycles. The minimum absolute atomic E-state index is 0.0158. The quantitative estimate of drug-likeness (QED) is 0.418. The molecule has 1 aromatic carbocycles. The number of piperidine rings is 1. The van der Waals surface area contributed by atoms with Crippen molar-refractivity contribution in [2.24, 2.45) is 11.8 Å². The van der Waals surface area contributed by atoms with E-state index in [1.165, 1.54) is 49.2 Å². The second-order valence-corrected chi connectivity index (χ2v) is 10.9. The average Bonchev–Trinajstić information content (AvgIpc) is 3.43. The molecule has 0 radical (unpaired) electrons. The smallest absolute Gasteiger partial charge is 0.308 e. The van der Waals surface area contributed by atoms with Crippen LogP contribution in [0.2, 0.25) is 0 Å². The molecular weight excluding hydrogens is 398 g/mol. The SMILES string of the molecule is CC(=O)Oc1ccc2c3c1O[C@H]1C(SC(C)=O)C=CC4C(C2)N(CC2CC2)CCC341. The van der Waals surface area contributed by atoms with Crippen molar-refractivity contribution in [3.63, 3.8) is 0 Å². The van der Waals surface area contributed by atoms with Gasteiger partial charge in [-0.2, -0.15) is 0 Å². The van der Waals surface area contributed by atoms with Gasteiger partial charge in [-0.3, -0.25) is 14.5 Å². The maximum Gasteiger partial charge on any atom is 0.308 e. The summed E-state index contributed by atoms with van der Waals surface area (Å²) < 4.78 is 12.2. The highest BCUT2D eigenvalue weighted by Crippen LogP contribution is 2.63. The van der Waals surface area contributed by atoms with E-state index in [4.69, 9.17) is 9.47 Å². The molecule has 2 bridgehead atoms. The van der Waals surface area contributed by atoms with Crippen LogP contribution in [-0.4, -0.2) is 46.5 Å². The van der Waals surface area contributed by atoms with Crippen molar-refractivity contribution in [2.75, 3.05) is 13.1 Å². The number of esters is 1. The fourth-order valence-corrected chi connectivity index (χ4v) is 7.46. The van der Waals surface area contributed by atoms with E-state index in [1.54, 1.807) is 6.92 Å². The van der Waals surface area contributed by atoms with E-state index >= 15 is 0 Å². The summed E-state index contributed by atoms with van der Waals surface area (Å²) in [6, 6.07) is 4.51. The van der Waals surface area contributed by atoms with Crippen molar-refractivity contribution in [2.45, 2.75) is 62.3 Å². The third kappa shape index (κ3) is 2.65. The summed E-state index contributed by atoms with van der Waals surface area (Å²) in [5.74, 6) is 2.17. The first-order valence-electron chi connectivity index (χ1n) is 11.1. The average molecular weight is 426 g/mol. The number of likely N-dealkylation sites (tertiary alicyclic amines) is 1. The Morgan fingerprint density at radius 1 is 1.27 bits per heavy atom. The van der Waals surface area contributed by atoms with Crippen LogP contribution >= 0.6 is 11.8 Å². The minimum Gasteiger partial charge on any atom is -0.484 e. The third-order valence-corrected chi connectivity index (χ3v) is 8.71. The molecule has 5 atom stereocenters. The fraction of sp³-hybridized carbons (Fsp3) is 0.583. The lowest BCUT2D eigenvalue weighted by molar-refractivity contribution is -0.132. The molecule has 4 unspecified atom stereocenters. The summed E-state index contributed by atoms with van der Waals surface area (Å²) in [5, 5.41) is 0.0935. The van der Waals surface area contributed by atoms with E-state index in [2.05, 4.69) is 23.1 Å².